The SMILES string of the molecule is Cc1cc(N)ccc1C(=O)Nc1cc(-c2ccccc2)ccc1C(=O)OC(C)(C)C.Cc1cc([N+](=O)[O-])ccc1C(=O)Nc1cc(-c2ccccc2)ccc1C(=O)OC(C)(C)C. The summed E-state index contributed by atoms with van der Waals surface area (Å²) in [5.41, 5.74) is 11.7. The lowest BCUT2D eigenvalue weighted by atomic mass is 10.0. The third-order valence-corrected chi connectivity index (χ3v) is 9.15. The summed E-state index contributed by atoms with van der Waals surface area (Å²) in [7, 11) is 0. The van der Waals surface area contributed by atoms with Crippen LogP contribution in [0.4, 0.5) is 22.7 Å². The van der Waals surface area contributed by atoms with Gasteiger partial charge in [-0.25, -0.2) is 9.59 Å². The highest BCUT2D eigenvalue weighted by Gasteiger charge is 2.24. The van der Waals surface area contributed by atoms with Crippen molar-refractivity contribution in [3.63, 3.8) is 0 Å². The Bertz CT molecular complexity index is 2630. The van der Waals surface area contributed by atoms with E-state index in [0.29, 0.717) is 33.8 Å². The maximum atomic E-state index is 13.0. The first-order valence-corrected chi connectivity index (χ1v) is 19.8. The van der Waals surface area contributed by atoms with Crippen LogP contribution in [0.25, 0.3) is 22.3 Å². The minimum absolute atomic E-state index is 0.0976. The van der Waals surface area contributed by atoms with Crippen molar-refractivity contribution in [3.8, 4) is 22.3 Å². The number of carbonyl (C=O) groups excluding carboxylic acids is 4. The highest BCUT2D eigenvalue weighted by molar-refractivity contribution is 6.10. The molecule has 0 atom stereocenters. The number of nitrogens with two attached hydrogens (primary N) is 1. The number of nitro benzene ring substituents is 1. The number of nitrogens with one attached hydrogen (secondary N) is 2. The number of nitrogen functional groups attached to an aromatic ring is 1. The van der Waals surface area contributed by atoms with Crippen LogP contribution in [0.1, 0.15) is 94.1 Å². The molecule has 0 unspecified atom stereocenters. The van der Waals surface area contributed by atoms with E-state index in [1.807, 2.05) is 73.7 Å². The van der Waals surface area contributed by atoms with Crippen molar-refractivity contribution in [1.82, 2.24) is 0 Å². The fraction of sp³-hybridized carbons (Fsp3) is 0.200. The molecule has 12 nitrogen and oxygen atoms in total. The molecule has 0 radical (unpaired) electrons. The molecule has 0 aliphatic heterocycles. The minimum atomic E-state index is -0.703. The highest BCUT2D eigenvalue weighted by atomic mass is 16.6. The molecule has 0 aliphatic carbocycles. The molecule has 6 aromatic rings. The number of ether oxygens (including phenoxy) is 2. The fourth-order valence-corrected chi connectivity index (χ4v) is 6.27. The van der Waals surface area contributed by atoms with E-state index in [1.54, 1.807) is 97.0 Å². The average Bonchev–Trinajstić information content (AvgIpc) is 3.20. The molecular weight excluding hydrogens is 785 g/mol. The number of nitro groups is 1. The second-order valence-corrected chi connectivity index (χ2v) is 16.5. The maximum Gasteiger partial charge on any atom is 0.340 e. The summed E-state index contributed by atoms with van der Waals surface area (Å²) in [6.45, 7) is 14.2. The first kappa shape index (κ1) is 45.5. The lowest BCUT2D eigenvalue weighted by Gasteiger charge is -2.21. The van der Waals surface area contributed by atoms with Crippen molar-refractivity contribution < 1.29 is 33.6 Å². The van der Waals surface area contributed by atoms with Gasteiger partial charge in [0.05, 0.1) is 27.4 Å². The van der Waals surface area contributed by atoms with Gasteiger partial charge in [-0.1, -0.05) is 72.8 Å². The van der Waals surface area contributed by atoms with E-state index >= 15 is 0 Å². The Labute approximate surface area is 361 Å². The standard InChI is InChI=1S/C25H24N2O5.C25H26N2O3/c1-16-14-19(27(30)31)11-13-20(16)23(28)26-22-15-18(17-8-6-5-7-9-17)10-12-21(22)24(29)32-25(2,3)4;1-16-14-19(26)11-13-20(16)23(28)27-22-15-18(17-8-6-5-7-9-17)10-12-21(22)24(29)30-25(2,3)4/h5-15H,1-4H3,(H,26,28);5-15H,26H2,1-4H3,(H,27,28). The largest absolute Gasteiger partial charge is 0.456 e. The fourth-order valence-electron chi connectivity index (χ4n) is 6.27. The van der Waals surface area contributed by atoms with E-state index in [2.05, 4.69) is 10.6 Å². The zero-order valence-corrected chi connectivity index (χ0v) is 36.0. The quantitative estimate of drug-likeness (QED) is 0.0553. The maximum absolute atomic E-state index is 13.0. The van der Waals surface area contributed by atoms with Crippen LogP contribution in [0.15, 0.2) is 133 Å². The van der Waals surface area contributed by atoms with Gasteiger partial charge in [0.25, 0.3) is 17.5 Å². The summed E-state index contributed by atoms with van der Waals surface area (Å²) < 4.78 is 11.0. The first-order valence-electron chi connectivity index (χ1n) is 19.8. The predicted molar refractivity (Wildman–Crippen MR) is 243 cm³/mol. The van der Waals surface area contributed by atoms with E-state index in [9.17, 15) is 29.3 Å². The Morgan fingerprint density at radius 2 is 0.903 bits per heavy atom. The molecule has 0 fully saturated rings. The van der Waals surface area contributed by atoms with Gasteiger partial charge in [-0.2, -0.15) is 0 Å². The molecule has 0 spiro atoms. The van der Waals surface area contributed by atoms with E-state index < -0.39 is 34.0 Å². The smallest absolute Gasteiger partial charge is 0.340 e. The number of hydrogen-bond donors (Lipinski definition) is 3. The van der Waals surface area contributed by atoms with Crippen LogP contribution in [0.2, 0.25) is 0 Å². The molecule has 2 amide bonds. The minimum Gasteiger partial charge on any atom is -0.456 e. The van der Waals surface area contributed by atoms with Crippen molar-refractivity contribution in [2.45, 2.75) is 66.6 Å². The molecule has 0 saturated heterocycles. The average molecular weight is 835 g/mol. The number of amides is 2. The molecule has 6 rings (SSSR count). The van der Waals surface area contributed by atoms with Crippen LogP contribution < -0.4 is 16.4 Å². The van der Waals surface area contributed by atoms with Gasteiger partial charge in [0.15, 0.2) is 0 Å². The number of non-ortho nitro benzene ring substituents is 1. The highest BCUT2D eigenvalue weighted by Crippen LogP contribution is 2.30. The summed E-state index contributed by atoms with van der Waals surface area (Å²) in [5.74, 6) is -1.85. The van der Waals surface area contributed by atoms with E-state index in [1.165, 1.54) is 18.2 Å². The van der Waals surface area contributed by atoms with Gasteiger partial charge in [0.1, 0.15) is 11.2 Å². The lowest BCUT2D eigenvalue weighted by Crippen LogP contribution is -2.25. The second-order valence-electron chi connectivity index (χ2n) is 16.5. The summed E-state index contributed by atoms with van der Waals surface area (Å²) >= 11 is 0. The Morgan fingerprint density at radius 1 is 0.516 bits per heavy atom. The van der Waals surface area contributed by atoms with Gasteiger partial charge in [-0.15, -0.1) is 0 Å². The van der Waals surface area contributed by atoms with Crippen LogP contribution in [0.5, 0.6) is 0 Å². The number of esters is 2. The zero-order valence-electron chi connectivity index (χ0n) is 36.0. The molecule has 0 heterocycles. The van der Waals surface area contributed by atoms with Gasteiger partial charge < -0.3 is 25.8 Å². The van der Waals surface area contributed by atoms with E-state index in [-0.39, 0.29) is 22.7 Å². The summed E-state index contributed by atoms with van der Waals surface area (Å²) in [6, 6.07) is 38.9. The van der Waals surface area contributed by atoms with Gasteiger partial charge >= 0.3 is 11.9 Å². The number of nitrogens with zero attached hydrogens (tertiary/aromatic N) is 1. The van der Waals surface area contributed by atoms with E-state index in [4.69, 9.17) is 15.2 Å². The molecule has 4 N–H and O–H groups in total. The molecule has 0 bridgehead atoms. The third kappa shape index (κ3) is 12.2. The molecule has 6 aromatic carbocycles. The number of carbonyl (C=O) groups is 4. The Kier molecular flexibility index (Phi) is 14.1. The normalized spacial score (nSPS) is 11.0. The monoisotopic (exact) mass is 834 g/mol. The van der Waals surface area contributed by atoms with Crippen LogP contribution in [0, 0.1) is 24.0 Å². The van der Waals surface area contributed by atoms with Gasteiger partial charge in [0.2, 0.25) is 0 Å². The van der Waals surface area contributed by atoms with Crippen molar-refractivity contribution in [3.05, 3.63) is 177 Å². The Hall–Kier alpha value is -7.60. The zero-order chi connectivity index (χ0) is 45.4. The molecule has 318 valence electrons. The topological polar surface area (TPSA) is 180 Å². The van der Waals surface area contributed by atoms with Gasteiger partial charge in [-0.3, -0.25) is 19.7 Å². The molecule has 62 heavy (non-hydrogen) atoms. The summed E-state index contributed by atoms with van der Waals surface area (Å²) in [6.07, 6.45) is 0. The van der Waals surface area contributed by atoms with E-state index in [0.717, 1.165) is 27.8 Å². The van der Waals surface area contributed by atoms with Crippen molar-refractivity contribution >= 4 is 46.5 Å². The van der Waals surface area contributed by atoms with Gasteiger partial charge in [0, 0.05) is 28.9 Å². The molecular formula is C50H50N4O8. The first-order chi connectivity index (χ1) is 29.2. The van der Waals surface area contributed by atoms with Gasteiger partial charge in [-0.05, 0) is 137 Å². The molecule has 12 heteroatoms. The number of benzene rings is 6. The van der Waals surface area contributed by atoms with Crippen LogP contribution in [-0.4, -0.2) is 39.9 Å². The Morgan fingerprint density at radius 3 is 1.27 bits per heavy atom. The molecule has 0 aliphatic rings. The lowest BCUT2D eigenvalue weighted by molar-refractivity contribution is -0.384. The summed E-state index contributed by atoms with van der Waals surface area (Å²) in [5, 5.41) is 16.7. The van der Waals surface area contributed by atoms with Crippen molar-refractivity contribution in [2.24, 2.45) is 0 Å². The predicted octanol–water partition coefficient (Wildman–Crippen LogP) is 11.2. The molecule has 0 aromatic heterocycles. The number of rotatable bonds is 9. The molecule has 0 saturated carbocycles. The number of anilines is 3. The number of aryl methyl sites for hydroxylation is 2. The van der Waals surface area contributed by atoms with Crippen LogP contribution >= 0.6 is 0 Å². The summed E-state index contributed by atoms with van der Waals surface area (Å²) in [4.78, 5) is 62.0. The third-order valence-electron chi connectivity index (χ3n) is 9.15. The van der Waals surface area contributed by atoms with Crippen LogP contribution in [-0.2, 0) is 9.47 Å². The second kappa shape index (κ2) is 19.2. The van der Waals surface area contributed by atoms with Crippen molar-refractivity contribution in [1.29, 1.82) is 0 Å². The Balaban J connectivity index is 0.000000235. The number of hydrogen-bond acceptors (Lipinski definition) is 9. The van der Waals surface area contributed by atoms with Crippen molar-refractivity contribution in [2.75, 3.05) is 16.4 Å². The van der Waals surface area contributed by atoms with Crippen LogP contribution in [0.3, 0.4) is 0 Å².